The number of rotatable bonds is 4. The van der Waals surface area contributed by atoms with E-state index in [2.05, 4.69) is 47.3 Å². The average Bonchev–Trinajstić information content (AvgIpc) is 2.69. The molecule has 3 aromatic carbocycles. The van der Waals surface area contributed by atoms with Crippen molar-refractivity contribution in [2.75, 3.05) is 10.6 Å². The van der Waals surface area contributed by atoms with Gasteiger partial charge in [0.25, 0.3) is 11.8 Å². The van der Waals surface area contributed by atoms with E-state index >= 15 is 0 Å². The van der Waals surface area contributed by atoms with Crippen molar-refractivity contribution in [3.63, 3.8) is 0 Å². The average molecular weight is 451 g/mol. The Kier molecular flexibility index (Phi) is 6.18. The van der Waals surface area contributed by atoms with Gasteiger partial charge in [0.05, 0.1) is 16.9 Å². The van der Waals surface area contributed by atoms with Gasteiger partial charge in [-0.25, -0.2) is 0 Å². The third-order valence-electron chi connectivity index (χ3n) is 4.56. The molecule has 0 aliphatic rings. The molecule has 148 valence electrons. The molecule has 0 aliphatic heterocycles. The second-order valence-corrected chi connectivity index (χ2v) is 8.62. The van der Waals surface area contributed by atoms with E-state index in [0.29, 0.717) is 27.0 Å². The Hall–Kier alpha value is -2.92. The minimum Gasteiger partial charge on any atom is -0.320 e. The number of carbonyl (C=O) groups excluding carboxylic acids is 2. The highest BCUT2D eigenvalue weighted by Crippen LogP contribution is 2.25. The zero-order chi connectivity index (χ0) is 21.0. The predicted molar refractivity (Wildman–Crippen MR) is 122 cm³/mol. The van der Waals surface area contributed by atoms with Crippen molar-refractivity contribution in [3.05, 3.63) is 94.0 Å². The largest absolute Gasteiger partial charge is 0.320 e. The van der Waals surface area contributed by atoms with Gasteiger partial charge in [0.2, 0.25) is 0 Å². The third kappa shape index (κ3) is 5.12. The minimum absolute atomic E-state index is 0.0254. The lowest BCUT2D eigenvalue weighted by Gasteiger charge is -2.19. The monoisotopic (exact) mass is 450 g/mol. The highest BCUT2D eigenvalue weighted by Gasteiger charge is 2.16. The summed E-state index contributed by atoms with van der Waals surface area (Å²) in [7, 11) is 0. The fourth-order valence-electron chi connectivity index (χ4n) is 2.85. The second-order valence-electron chi connectivity index (χ2n) is 7.76. The van der Waals surface area contributed by atoms with Crippen LogP contribution in [0.25, 0.3) is 0 Å². The van der Waals surface area contributed by atoms with Crippen LogP contribution in [0.5, 0.6) is 0 Å². The van der Waals surface area contributed by atoms with E-state index in [9.17, 15) is 9.59 Å². The molecule has 0 spiro atoms. The van der Waals surface area contributed by atoms with Gasteiger partial charge in [0, 0.05) is 10.0 Å². The summed E-state index contributed by atoms with van der Waals surface area (Å²) in [4.78, 5) is 25.3. The quantitative estimate of drug-likeness (QED) is 0.493. The molecule has 4 nitrogen and oxygen atoms in total. The Labute approximate surface area is 179 Å². The number of carbonyl (C=O) groups is 2. The maximum atomic E-state index is 12.7. The van der Waals surface area contributed by atoms with Gasteiger partial charge in [-0.1, -0.05) is 57.2 Å². The van der Waals surface area contributed by atoms with E-state index < -0.39 is 0 Å². The standard InChI is InChI=1S/C24H23BrN2O2/c1-24(2,3)17-14-12-16(13-15-17)22(28)26-20-10-6-7-11-21(20)27-23(29)18-8-4-5-9-19(18)25/h4-15H,1-3H3,(H,26,28)(H,27,29). The fraction of sp³-hybridized carbons (Fsp3) is 0.167. The Morgan fingerprint density at radius 3 is 1.79 bits per heavy atom. The topological polar surface area (TPSA) is 58.2 Å². The van der Waals surface area contributed by atoms with Crippen molar-refractivity contribution in [1.82, 2.24) is 0 Å². The molecule has 0 radical (unpaired) electrons. The molecule has 0 bridgehead atoms. The molecule has 2 N–H and O–H groups in total. The highest BCUT2D eigenvalue weighted by atomic mass is 79.9. The molecule has 0 saturated heterocycles. The van der Waals surface area contributed by atoms with Crippen molar-refractivity contribution in [2.24, 2.45) is 0 Å². The molecule has 3 aromatic rings. The van der Waals surface area contributed by atoms with Crippen molar-refractivity contribution < 1.29 is 9.59 Å². The van der Waals surface area contributed by atoms with E-state index in [1.165, 1.54) is 0 Å². The van der Waals surface area contributed by atoms with Crippen LogP contribution in [0, 0.1) is 0 Å². The van der Waals surface area contributed by atoms with Crippen LogP contribution in [0.3, 0.4) is 0 Å². The zero-order valence-electron chi connectivity index (χ0n) is 16.6. The van der Waals surface area contributed by atoms with Gasteiger partial charge in [0.15, 0.2) is 0 Å². The number of amides is 2. The first kappa shape index (κ1) is 20.8. The normalized spacial score (nSPS) is 11.0. The molecule has 5 heteroatoms. The van der Waals surface area contributed by atoms with E-state index in [4.69, 9.17) is 0 Å². The molecular weight excluding hydrogens is 428 g/mol. The Morgan fingerprint density at radius 1 is 0.724 bits per heavy atom. The lowest BCUT2D eigenvalue weighted by atomic mass is 9.87. The van der Waals surface area contributed by atoms with Gasteiger partial charge >= 0.3 is 0 Å². The number of halogens is 1. The number of benzene rings is 3. The second kappa shape index (κ2) is 8.62. The molecule has 0 unspecified atom stereocenters. The van der Waals surface area contributed by atoms with Gasteiger partial charge in [-0.2, -0.15) is 0 Å². The first-order chi connectivity index (χ1) is 13.8. The lowest BCUT2D eigenvalue weighted by molar-refractivity contribution is 0.101. The number of nitrogens with one attached hydrogen (secondary N) is 2. The van der Waals surface area contributed by atoms with Crippen LogP contribution in [-0.4, -0.2) is 11.8 Å². The molecule has 2 amide bonds. The van der Waals surface area contributed by atoms with E-state index in [1.807, 2.05) is 48.5 Å². The molecule has 0 saturated carbocycles. The molecule has 29 heavy (non-hydrogen) atoms. The number of hydrogen-bond donors (Lipinski definition) is 2. The number of para-hydroxylation sites is 2. The van der Waals surface area contributed by atoms with Gasteiger partial charge < -0.3 is 10.6 Å². The van der Waals surface area contributed by atoms with Gasteiger partial charge in [0.1, 0.15) is 0 Å². The van der Waals surface area contributed by atoms with E-state index in [0.717, 1.165) is 5.56 Å². The van der Waals surface area contributed by atoms with E-state index in [-0.39, 0.29) is 17.2 Å². The number of hydrogen-bond acceptors (Lipinski definition) is 2. The number of anilines is 2. The Morgan fingerprint density at radius 2 is 1.24 bits per heavy atom. The molecule has 3 rings (SSSR count). The maximum absolute atomic E-state index is 12.7. The highest BCUT2D eigenvalue weighted by molar-refractivity contribution is 9.10. The molecule has 0 heterocycles. The summed E-state index contributed by atoms with van der Waals surface area (Å²) in [6, 6.07) is 21.9. The first-order valence-corrected chi connectivity index (χ1v) is 10.1. The molecular formula is C24H23BrN2O2. The lowest BCUT2D eigenvalue weighted by Crippen LogP contribution is -2.17. The third-order valence-corrected chi connectivity index (χ3v) is 5.25. The smallest absolute Gasteiger partial charge is 0.256 e. The minimum atomic E-state index is -0.256. The summed E-state index contributed by atoms with van der Waals surface area (Å²) in [5.74, 6) is -0.484. The van der Waals surface area contributed by atoms with Crippen LogP contribution >= 0.6 is 15.9 Å². The van der Waals surface area contributed by atoms with Crippen molar-refractivity contribution >= 4 is 39.1 Å². The van der Waals surface area contributed by atoms with E-state index in [1.54, 1.807) is 24.3 Å². The SMILES string of the molecule is CC(C)(C)c1ccc(C(=O)Nc2ccccc2NC(=O)c2ccccc2Br)cc1. The van der Waals surface area contributed by atoms with Crippen LogP contribution in [0.4, 0.5) is 11.4 Å². The maximum Gasteiger partial charge on any atom is 0.256 e. The van der Waals surface area contributed by atoms with Gasteiger partial charge in [-0.3, -0.25) is 9.59 Å². The summed E-state index contributed by atoms with van der Waals surface area (Å²) in [5, 5.41) is 5.76. The van der Waals surface area contributed by atoms with Crippen LogP contribution < -0.4 is 10.6 Å². The summed E-state index contributed by atoms with van der Waals surface area (Å²) in [6.07, 6.45) is 0. The Bertz CT molecular complexity index is 1040. The Balaban J connectivity index is 1.78. The molecule has 0 fully saturated rings. The summed E-state index contributed by atoms with van der Waals surface area (Å²) < 4.78 is 0.706. The van der Waals surface area contributed by atoms with Gasteiger partial charge in [-0.15, -0.1) is 0 Å². The van der Waals surface area contributed by atoms with Crippen molar-refractivity contribution in [1.29, 1.82) is 0 Å². The van der Waals surface area contributed by atoms with Crippen LogP contribution in [0.15, 0.2) is 77.3 Å². The first-order valence-electron chi connectivity index (χ1n) is 9.32. The molecule has 0 aliphatic carbocycles. The summed E-state index contributed by atoms with van der Waals surface area (Å²) in [6.45, 7) is 6.39. The summed E-state index contributed by atoms with van der Waals surface area (Å²) in [5.41, 5.74) is 3.34. The predicted octanol–water partition coefficient (Wildman–Crippen LogP) is 6.25. The molecule has 0 aromatic heterocycles. The summed E-state index contributed by atoms with van der Waals surface area (Å²) >= 11 is 3.39. The van der Waals surface area contributed by atoms with Gasteiger partial charge in [-0.05, 0) is 63.3 Å². The van der Waals surface area contributed by atoms with Crippen LogP contribution in [0.2, 0.25) is 0 Å². The zero-order valence-corrected chi connectivity index (χ0v) is 18.2. The molecule has 0 atom stereocenters. The van der Waals surface area contributed by atoms with Crippen LogP contribution in [-0.2, 0) is 5.41 Å². The van der Waals surface area contributed by atoms with Crippen molar-refractivity contribution in [2.45, 2.75) is 26.2 Å². The fourth-order valence-corrected chi connectivity index (χ4v) is 3.32. The van der Waals surface area contributed by atoms with Crippen molar-refractivity contribution in [3.8, 4) is 0 Å². The van der Waals surface area contributed by atoms with Crippen LogP contribution in [0.1, 0.15) is 47.1 Å².